The number of aromatic carboxylic acids is 1. The fraction of sp³-hybridized carbons (Fsp3) is 0.200. The molecular weight excluding hydrogens is 1430 g/mol. The van der Waals surface area contributed by atoms with Gasteiger partial charge in [0.25, 0.3) is 40.3 Å². The third kappa shape index (κ3) is 22.4. The maximum atomic E-state index is 12.9. The van der Waals surface area contributed by atoms with E-state index in [9.17, 15) is 48.3 Å². The van der Waals surface area contributed by atoms with Crippen LogP contribution in [-0.4, -0.2) is 140 Å². The topological polar surface area (TPSA) is 491 Å². The van der Waals surface area contributed by atoms with E-state index in [2.05, 4.69) is 66.8 Å². The summed E-state index contributed by atoms with van der Waals surface area (Å²) in [5.74, 6) is -3.96. The molecule has 1 fully saturated rings. The number of nitrogens with zero attached hydrogens (tertiary/aromatic N) is 15. The minimum absolute atomic E-state index is 0. The molecule has 1 atom stereocenters. The summed E-state index contributed by atoms with van der Waals surface area (Å²) in [5, 5.41) is 55.9. The van der Waals surface area contributed by atoms with Crippen molar-refractivity contribution in [1.82, 2.24) is 79.0 Å². The number of carbonyl (C=O) groups excluding carboxylic acids is 6. The molecule has 35 nitrogen and oxygen atoms in total. The number of pyridine rings is 3. The Hall–Kier alpha value is -12.8. The molecule has 10 N–H and O–H groups in total. The third-order valence-corrected chi connectivity index (χ3v) is 16.3. The van der Waals surface area contributed by atoms with Gasteiger partial charge in [-0.05, 0) is 113 Å². The molecule has 12 aromatic rings. The van der Waals surface area contributed by atoms with Crippen molar-refractivity contribution < 1.29 is 91.7 Å². The SMILES string of the molecule is C.COC(=O)c1nn(C)cc1NC(=O)c1cccc(Cn2nc(-c3cncc(CN)c3)ccc2=O)c1.Cn1cc(NC(=O)c2cccc(Cn3nc(-c4cncc(CN)c4)ccc3=O)c2)c(C(=O)[O-])n1.Cn1cc2c(n1)C(=O)NCc1cncc(c1)-c1ccc(=O)n(n1)Cc1cccc(c1)C(=O)N2.OC1CCCO1.[Li+].[Li+].[OH-]. The molecule has 1 saturated heterocycles. The van der Waals surface area contributed by atoms with Crippen LogP contribution in [0.15, 0.2) is 198 Å². The number of carbonyl (C=O) groups is 6. The Balaban J connectivity index is 0.000000220. The average Bonchev–Trinajstić information content (AvgIpc) is 1.31. The van der Waals surface area contributed by atoms with Gasteiger partial charge in [0.1, 0.15) is 5.69 Å². The molecule has 3 aromatic carbocycles. The van der Waals surface area contributed by atoms with Crippen LogP contribution < -0.4 is 92.2 Å². The van der Waals surface area contributed by atoms with Gasteiger partial charge >= 0.3 is 43.7 Å². The van der Waals surface area contributed by atoms with Gasteiger partial charge in [0.15, 0.2) is 17.7 Å². The van der Waals surface area contributed by atoms with E-state index in [4.69, 9.17) is 26.0 Å². The van der Waals surface area contributed by atoms with Gasteiger partial charge in [-0.15, -0.1) is 0 Å². The van der Waals surface area contributed by atoms with E-state index in [1.807, 2.05) is 24.3 Å². The number of amides is 4. The third-order valence-electron chi connectivity index (χ3n) is 16.3. The van der Waals surface area contributed by atoms with Crippen LogP contribution in [-0.2, 0) is 69.9 Å². The van der Waals surface area contributed by atoms with E-state index in [1.54, 1.807) is 142 Å². The Morgan fingerprint density at radius 3 is 1.59 bits per heavy atom. The van der Waals surface area contributed by atoms with Crippen molar-refractivity contribution in [1.29, 1.82) is 0 Å². The predicted octanol–water partition coefficient (Wildman–Crippen LogP) is -2.09. The second kappa shape index (κ2) is 40.0. The number of nitrogens with one attached hydrogen (secondary N) is 4. The van der Waals surface area contributed by atoms with Gasteiger partial charge in [0.2, 0.25) is 0 Å². The molecule has 0 spiro atoms. The van der Waals surface area contributed by atoms with Gasteiger partial charge in [-0.3, -0.25) is 62.6 Å². The van der Waals surface area contributed by atoms with Crippen molar-refractivity contribution in [3.8, 4) is 33.8 Å². The van der Waals surface area contributed by atoms with Gasteiger partial charge in [0.05, 0.1) is 66.9 Å². The molecule has 0 saturated carbocycles. The van der Waals surface area contributed by atoms with Gasteiger partial charge in [0, 0.05) is 161 Å². The number of esters is 1. The van der Waals surface area contributed by atoms with Gasteiger partial charge in [-0.1, -0.05) is 43.8 Å². The summed E-state index contributed by atoms with van der Waals surface area (Å²) in [6.07, 6.45) is 15.8. The van der Waals surface area contributed by atoms with Crippen molar-refractivity contribution >= 4 is 52.6 Å². The number of anilines is 3. The maximum absolute atomic E-state index is 12.9. The standard InChI is InChI=1S/C24H23N7O4.C23H21N7O4.C23H19N7O3.C4H8O2.CH4.2Li.H2O/c1-30-14-20(22(29-30)24(34)35-2)27-23(33)17-5-3-4-15(8-17)13-31-21(32)7-6-19(28-31)18-9-16(10-25)11-26-12-18;1-29-13-19(21(28-29)23(33)34)26-22(32)16-4-2-3-14(7-16)12-30-20(31)6-5-18(27-30)17-8-15(9-24)10-25-11-17;1-29-13-19-21(28-29)23(33)25-10-15-8-17(11-24-9-15)18-5-6-20(31)30(27-18)12-14-3-2-4-16(7-14)22(32)26-19;5-4-2-1-3-6-4;;;;/h3-9,11-12,14H,10,13,25H2,1-2H3,(H,27,33);2-8,10-11,13H,9,12,24H2,1H3,(H,26,32)(H,33,34);2-9,11,13H,10,12H2,1H3,(H,25,33)(H,26,32);4-5H,1-3H2;1H4;;;1H2/q;;;;;2*+1;/p-2. The number of aromatic nitrogens is 15. The number of ether oxygens (including phenoxy) is 2. The molecule has 37 heteroatoms. The van der Waals surface area contributed by atoms with Crippen molar-refractivity contribution in [2.75, 3.05) is 29.7 Å². The molecule has 2 aliphatic rings. The zero-order valence-electron chi connectivity index (χ0n) is 60.9. The number of nitrogens with two attached hydrogens (primary N) is 2. The Labute approximate surface area is 662 Å². The van der Waals surface area contributed by atoms with Crippen LogP contribution in [0.5, 0.6) is 0 Å². The number of rotatable bonds is 14. The zero-order chi connectivity index (χ0) is 76.5. The number of benzene rings is 3. The van der Waals surface area contributed by atoms with Crippen molar-refractivity contribution in [2.45, 2.75) is 65.8 Å². The van der Waals surface area contributed by atoms with E-state index >= 15 is 0 Å². The van der Waals surface area contributed by atoms with Crippen LogP contribution in [0, 0.1) is 0 Å². The average molecular weight is 1510 g/mol. The summed E-state index contributed by atoms with van der Waals surface area (Å²) in [4.78, 5) is 124. The molecule has 4 amide bonds. The largest absolute Gasteiger partial charge is 1.00 e. The monoisotopic (exact) mass is 1510 g/mol. The number of hydrogen-bond donors (Lipinski definition) is 7. The summed E-state index contributed by atoms with van der Waals surface area (Å²) in [7, 11) is 6.07. The summed E-state index contributed by atoms with van der Waals surface area (Å²) in [5.41, 5.74) is 20.2. The number of aliphatic hydroxyl groups is 1. The van der Waals surface area contributed by atoms with Crippen LogP contribution in [0.1, 0.15) is 116 Å². The second-order valence-corrected chi connectivity index (χ2v) is 24.4. The van der Waals surface area contributed by atoms with E-state index in [-0.39, 0.29) is 128 Å². The molecule has 2 aliphatic heterocycles. The number of hydrogen-bond acceptors (Lipinski definition) is 25. The molecule has 0 aliphatic carbocycles. The fourth-order valence-corrected chi connectivity index (χ4v) is 11.0. The first-order chi connectivity index (χ1) is 52.1. The van der Waals surface area contributed by atoms with Crippen LogP contribution in [0.3, 0.4) is 0 Å². The Bertz CT molecular complexity index is 5560. The number of methoxy groups -OCH3 is 1. The summed E-state index contributed by atoms with van der Waals surface area (Å²) >= 11 is 0. The molecule has 566 valence electrons. The number of carboxylic acid groups (broad SMARTS) is 1. The van der Waals surface area contributed by atoms with Crippen LogP contribution in [0.2, 0.25) is 0 Å². The van der Waals surface area contributed by atoms with Crippen molar-refractivity contribution in [3.63, 3.8) is 0 Å². The maximum Gasteiger partial charge on any atom is 1.00 e. The summed E-state index contributed by atoms with van der Waals surface area (Å²) < 4.78 is 17.5. The van der Waals surface area contributed by atoms with Crippen LogP contribution in [0.4, 0.5) is 17.1 Å². The fourth-order valence-electron chi connectivity index (χ4n) is 11.0. The van der Waals surface area contributed by atoms with E-state index in [0.29, 0.717) is 63.7 Å². The number of fused-ring (bicyclic) bond motifs is 8. The van der Waals surface area contributed by atoms with Gasteiger partial charge < -0.3 is 62.7 Å². The van der Waals surface area contributed by atoms with E-state index in [1.165, 1.54) is 72.8 Å². The predicted molar refractivity (Wildman–Crippen MR) is 398 cm³/mol. The minimum Gasteiger partial charge on any atom is -0.870 e. The Morgan fingerprint density at radius 2 is 1.07 bits per heavy atom. The molecule has 14 rings (SSSR count). The normalized spacial score (nSPS) is 12.4. The van der Waals surface area contributed by atoms with Crippen molar-refractivity contribution in [3.05, 3.63) is 281 Å². The zero-order valence-corrected chi connectivity index (χ0v) is 60.9. The Morgan fingerprint density at radius 1 is 0.571 bits per heavy atom. The van der Waals surface area contributed by atoms with E-state index in [0.717, 1.165) is 52.8 Å². The first-order valence-electron chi connectivity index (χ1n) is 33.2. The summed E-state index contributed by atoms with van der Waals surface area (Å²) in [6.45, 7) is 2.08. The van der Waals surface area contributed by atoms with Gasteiger partial charge in [-0.2, -0.15) is 30.6 Å². The van der Waals surface area contributed by atoms with Crippen LogP contribution in [0.25, 0.3) is 33.8 Å². The smallest absolute Gasteiger partial charge is 0.870 e. The van der Waals surface area contributed by atoms with Crippen molar-refractivity contribution in [2.24, 2.45) is 32.6 Å². The Kier molecular flexibility index (Phi) is 30.9. The van der Waals surface area contributed by atoms with E-state index < -0.39 is 41.9 Å². The minimum atomic E-state index is -1.50. The molecule has 11 heterocycles. The van der Waals surface area contributed by atoms with Crippen LogP contribution >= 0.6 is 0 Å². The second-order valence-electron chi connectivity index (χ2n) is 24.4. The first-order valence-corrected chi connectivity index (χ1v) is 33.2. The number of aliphatic hydroxyl groups excluding tert-OH is 1. The number of aryl methyl sites for hydroxylation is 3. The number of carboxylic acids is 1. The molecule has 0 radical (unpaired) electrons. The molecule has 112 heavy (non-hydrogen) atoms. The molecule has 6 bridgehead atoms. The molecule has 9 aromatic heterocycles. The molecular formula is C75H75Li2N21O14. The first kappa shape index (κ1) is 86.4. The molecule has 1 unspecified atom stereocenters. The summed E-state index contributed by atoms with van der Waals surface area (Å²) in [6, 6.07) is 35.0. The van der Waals surface area contributed by atoms with Gasteiger partial charge in [-0.25, -0.2) is 18.8 Å². The quantitative estimate of drug-likeness (QED) is 0.0453.